The number of hydrogen-bond donors (Lipinski definition) is 1. The first kappa shape index (κ1) is 18.9. The molecule has 0 fully saturated rings. The SMILES string of the molecule is Cc1ccccc1C(=O)Nc1ccc2oc(-c3ccc(C(C)(C)C)cc3)nc2c1. The Morgan fingerprint density at radius 3 is 2.38 bits per heavy atom. The number of nitrogens with zero attached hydrogens (tertiary/aromatic N) is 1. The first-order chi connectivity index (χ1) is 13.8. The molecule has 4 heteroatoms. The molecule has 0 aliphatic heterocycles. The summed E-state index contributed by atoms with van der Waals surface area (Å²) in [5.41, 5.74) is 5.98. The predicted molar refractivity (Wildman–Crippen MR) is 117 cm³/mol. The van der Waals surface area contributed by atoms with Crippen molar-refractivity contribution in [3.05, 3.63) is 83.4 Å². The van der Waals surface area contributed by atoms with Gasteiger partial charge in [-0.15, -0.1) is 0 Å². The second-order valence-electron chi connectivity index (χ2n) is 8.30. The molecule has 4 nitrogen and oxygen atoms in total. The van der Waals surface area contributed by atoms with Gasteiger partial charge in [-0.2, -0.15) is 0 Å². The van der Waals surface area contributed by atoms with Crippen LogP contribution in [-0.2, 0) is 5.41 Å². The highest BCUT2D eigenvalue weighted by Gasteiger charge is 2.15. The van der Waals surface area contributed by atoms with Crippen molar-refractivity contribution < 1.29 is 9.21 Å². The Labute approximate surface area is 170 Å². The summed E-state index contributed by atoms with van der Waals surface area (Å²) in [6, 6.07) is 21.3. The molecular weight excluding hydrogens is 360 g/mol. The molecule has 0 aliphatic rings. The van der Waals surface area contributed by atoms with Crippen molar-refractivity contribution in [1.82, 2.24) is 4.98 Å². The fourth-order valence-corrected chi connectivity index (χ4v) is 3.27. The highest BCUT2D eigenvalue weighted by atomic mass is 16.3. The second kappa shape index (κ2) is 7.21. The average molecular weight is 384 g/mol. The van der Waals surface area contributed by atoms with Crippen molar-refractivity contribution in [2.75, 3.05) is 5.32 Å². The van der Waals surface area contributed by atoms with Gasteiger partial charge in [0, 0.05) is 16.8 Å². The van der Waals surface area contributed by atoms with E-state index in [-0.39, 0.29) is 11.3 Å². The second-order valence-corrected chi connectivity index (χ2v) is 8.30. The number of benzene rings is 3. The van der Waals surface area contributed by atoms with Gasteiger partial charge in [0.2, 0.25) is 5.89 Å². The molecule has 1 heterocycles. The number of anilines is 1. The predicted octanol–water partition coefficient (Wildman–Crippen LogP) is 6.35. The van der Waals surface area contributed by atoms with Crippen molar-refractivity contribution in [2.45, 2.75) is 33.1 Å². The zero-order valence-electron chi connectivity index (χ0n) is 17.1. The van der Waals surface area contributed by atoms with Crippen LogP contribution in [0.25, 0.3) is 22.6 Å². The number of aryl methyl sites for hydroxylation is 1. The van der Waals surface area contributed by atoms with E-state index in [1.807, 2.05) is 61.5 Å². The Balaban J connectivity index is 1.59. The topological polar surface area (TPSA) is 55.1 Å². The molecule has 1 amide bonds. The lowest BCUT2D eigenvalue weighted by Crippen LogP contribution is -2.13. The maximum Gasteiger partial charge on any atom is 0.255 e. The Morgan fingerprint density at radius 2 is 1.69 bits per heavy atom. The fourth-order valence-electron chi connectivity index (χ4n) is 3.27. The van der Waals surface area contributed by atoms with Gasteiger partial charge in [0.15, 0.2) is 5.58 Å². The molecule has 0 radical (unpaired) electrons. The number of carbonyl (C=O) groups is 1. The number of aromatic nitrogens is 1. The van der Waals surface area contributed by atoms with Gasteiger partial charge in [0.05, 0.1) is 0 Å². The number of amides is 1. The van der Waals surface area contributed by atoms with Gasteiger partial charge in [0.1, 0.15) is 5.52 Å². The van der Waals surface area contributed by atoms with E-state index < -0.39 is 0 Å². The molecule has 0 aliphatic carbocycles. The van der Waals surface area contributed by atoms with Crippen LogP contribution in [0.5, 0.6) is 0 Å². The lowest BCUT2D eigenvalue weighted by Gasteiger charge is -2.18. The molecule has 0 saturated heterocycles. The molecule has 146 valence electrons. The van der Waals surface area contributed by atoms with Crippen LogP contribution in [0.1, 0.15) is 42.3 Å². The van der Waals surface area contributed by atoms with E-state index in [2.05, 4.69) is 43.2 Å². The maximum absolute atomic E-state index is 12.6. The fraction of sp³-hybridized carbons (Fsp3) is 0.200. The molecule has 0 saturated carbocycles. The Morgan fingerprint density at radius 1 is 0.966 bits per heavy atom. The molecular formula is C25H24N2O2. The van der Waals surface area contributed by atoms with E-state index in [0.717, 1.165) is 11.1 Å². The third-order valence-corrected chi connectivity index (χ3v) is 5.03. The quantitative estimate of drug-likeness (QED) is 0.447. The summed E-state index contributed by atoms with van der Waals surface area (Å²) in [5, 5.41) is 2.94. The summed E-state index contributed by atoms with van der Waals surface area (Å²) in [4.78, 5) is 17.2. The van der Waals surface area contributed by atoms with Crippen molar-refractivity contribution >= 4 is 22.7 Å². The van der Waals surface area contributed by atoms with Crippen molar-refractivity contribution in [2.24, 2.45) is 0 Å². The summed E-state index contributed by atoms with van der Waals surface area (Å²) in [6.45, 7) is 8.49. The highest BCUT2D eigenvalue weighted by molar-refractivity contribution is 6.05. The van der Waals surface area contributed by atoms with Crippen LogP contribution in [0, 0.1) is 6.92 Å². The number of nitrogens with one attached hydrogen (secondary N) is 1. The minimum atomic E-state index is -0.135. The molecule has 3 aromatic carbocycles. The Kier molecular flexibility index (Phi) is 4.71. The van der Waals surface area contributed by atoms with Gasteiger partial charge in [-0.1, -0.05) is 51.1 Å². The first-order valence-corrected chi connectivity index (χ1v) is 9.70. The van der Waals surface area contributed by atoms with Gasteiger partial charge in [0.25, 0.3) is 5.91 Å². The molecule has 0 unspecified atom stereocenters. The molecule has 0 atom stereocenters. The number of fused-ring (bicyclic) bond motifs is 1. The molecule has 1 aromatic heterocycles. The van der Waals surface area contributed by atoms with Gasteiger partial charge in [-0.3, -0.25) is 4.79 Å². The standard InChI is InChI=1S/C25H24N2O2/c1-16-7-5-6-8-20(16)23(28)26-19-13-14-22-21(15-19)27-24(29-22)17-9-11-18(12-10-17)25(2,3)4/h5-15H,1-4H3,(H,26,28). The Hall–Kier alpha value is -3.40. The van der Waals surface area contributed by atoms with E-state index in [1.54, 1.807) is 0 Å². The van der Waals surface area contributed by atoms with Crippen molar-refractivity contribution in [3.8, 4) is 11.5 Å². The number of rotatable bonds is 3. The number of oxazole rings is 1. The van der Waals surface area contributed by atoms with Crippen LogP contribution in [0.4, 0.5) is 5.69 Å². The van der Waals surface area contributed by atoms with E-state index in [1.165, 1.54) is 5.56 Å². The molecule has 1 N–H and O–H groups in total. The number of hydrogen-bond acceptors (Lipinski definition) is 3. The zero-order valence-corrected chi connectivity index (χ0v) is 17.1. The van der Waals surface area contributed by atoms with Crippen molar-refractivity contribution in [1.29, 1.82) is 0 Å². The molecule has 0 bridgehead atoms. The number of carbonyl (C=O) groups excluding carboxylic acids is 1. The third kappa shape index (κ3) is 3.92. The minimum absolute atomic E-state index is 0.101. The Bertz CT molecular complexity index is 1180. The van der Waals surface area contributed by atoms with Crippen LogP contribution < -0.4 is 5.32 Å². The van der Waals surface area contributed by atoms with Gasteiger partial charge < -0.3 is 9.73 Å². The van der Waals surface area contributed by atoms with Crippen LogP contribution in [0.15, 0.2) is 71.1 Å². The largest absolute Gasteiger partial charge is 0.436 e. The van der Waals surface area contributed by atoms with Gasteiger partial charge >= 0.3 is 0 Å². The van der Waals surface area contributed by atoms with Crippen LogP contribution in [0.3, 0.4) is 0 Å². The lowest BCUT2D eigenvalue weighted by atomic mass is 9.87. The summed E-state index contributed by atoms with van der Waals surface area (Å²) >= 11 is 0. The first-order valence-electron chi connectivity index (χ1n) is 9.70. The maximum atomic E-state index is 12.6. The van der Waals surface area contributed by atoms with E-state index in [0.29, 0.717) is 28.2 Å². The molecule has 4 aromatic rings. The summed E-state index contributed by atoms with van der Waals surface area (Å²) in [7, 11) is 0. The normalized spacial score (nSPS) is 11.6. The van der Waals surface area contributed by atoms with Crippen molar-refractivity contribution in [3.63, 3.8) is 0 Å². The van der Waals surface area contributed by atoms with E-state index >= 15 is 0 Å². The molecule has 29 heavy (non-hydrogen) atoms. The smallest absolute Gasteiger partial charge is 0.255 e. The molecule has 4 rings (SSSR count). The lowest BCUT2D eigenvalue weighted by molar-refractivity contribution is 0.102. The minimum Gasteiger partial charge on any atom is -0.436 e. The van der Waals surface area contributed by atoms with Crippen LogP contribution in [0.2, 0.25) is 0 Å². The van der Waals surface area contributed by atoms with Crippen LogP contribution in [-0.4, -0.2) is 10.9 Å². The van der Waals surface area contributed by atoms with Gasteiger partial charge in [-0.25, -0.2) is 4.98 Å². The monoisotopic (exact) mass is 384 g/mol. The van der Waals surface area contributed by atoms with Crippen LogP contribution >= 0.6 is 0 Å². The molecule has 0 spiro atoms. The average Bonchev–Trinajstić information content (AvgIpc) is 3.11. The third-order valence-electron chi connectivity index (χ3n) is 5.03. The highest BCUT2D eigenvalue weighted by Crippen LogP contribution is 2.29. The van der Waals surface area contributed by atoms with E-state index in [4.69, 9.17) is 4.42 Å². The summed E-state index contributed by atoms with van der Waals surface area (Å²) < 4.78 is 5.92. The van der Waals surface area contributed by atoms with E-state index in [9.17, 15) is 4.79 Å². The summed E-state index contributed by atoms with van der Waals surface area (Å²) in [6.07, 6.45) is 0. The zero-order chi connectivity index (χ0) is 20.6. The van der Waals surface area contributed by atoms with Gasteiger partial charge in [-0.05, 0) is 59.9 Å². The summed E-state index contributed by atoms with van der Waals surface area (Å²) in [5.74, 6) is 0.437.